The van der Waals surface area contributed by atoms with Crippen LogP contribution in [0.25, 0.3) is 5.69 Å². The minimum absolute atomic E-state index is 0.0661. The van der Waals surface area contributed by atoms with Gasteiger partial charge < -0.3 is 14.8 Å². The molecule has 1 aromatic heterocycles. The molecule has 0 aliphatic rings. The van der Waals surface area contributed by atoms with Gasteiger partial charge in [-0.15, -0.1) is 0 Å². The van der Waals surface area contributed by atoms with Gasteiger partial charge in [0.15, 0.2) is 12.4 Å². The van der Waals surface area contributed by atoms with Crippen molar-refractivity contribution < 1.29 is 24.0 Å². The van der Waals surface area contributed by atoms with E-state index in [0.717, 1.165) is 10.7 Å². The van der Waals surface area contributed by atoms with Crippen LogP contribution in [0, 0.1) is 10.1 Å². The Morgan fingerprint density at radius 3 is 2.55 bits per heavy atom. The van der Waals surface area contributed by atoms with Crippen molar-refractivity contribution in [3.8, 4) is 11.4 Å². The molecule has 0 radical (unpaired) electrons. The number of hydrogen-bond acceptors (Lipinski definition) is 8. The Kier molecular flexibility index (Phi) is 7.51. The number of benzene rings is 2. The fourth-order valence-corrected chi connectivity index (χ4v) is 3.08. The minimum Gasteiger partial charge on any atom is -0.481 e. The molecule has 0 spiro atoms. The van der Waals surface area contributed by atoms with Gasteiger partial charge in [-0.05, 0) is 37.3 Å². The van der Waals surface area contributed by atoms with Crippen molar-refractivity contribution in [1.82, 2.24) is 9.78 Å². The molecule has 3 aromatic rings. The molecule has 0 unspecified atom stereocenters. The summed E-state index contributed by atoms with van der Waals surface area (Å²) in [4.78, 5) is 47.4. The van der Waals surface area contributed by atoms with Crippen molar-refractivity contribution in [3.05, 3.63) is 85.2 Å². The van der Waals surface area contributed by atoms with Gasteiger partial charge in [0.25, 0.3) is 17.2 Å². The van der Waals surface area contributed by atoms with Crippen molar-refractivity contribution in [2.45, 2.75) is 6.92 Å². The second-order valence-electron chi connectivity index (χ2n) is 6.45. The highest BCUT2D eigenvalue weighted by molar-refractivity contribution is 9.10. The van der Waals surface area contributed by atoms with E-state index in [4.69, 9.17) is 9.47 Å². The molecule has 0 fully saturated rings. The third-order valence-electron chi connectivity index (χ3n) is 4.14. The Morgan fingerprint density at radius 1 is 1.18 bits per heavy atom. The molecule has 0 aliphatic heterocycles. The summed E-state index contributed by atoms with van der Waals surface area (Å²) in [6.07, 6.45) is 0. The third kappa shape index (κ3) is 6.01. The Bertz CT molecular complexity index is 1260. The van der Waals surface area contributed by atoms with Gasteiger partial charge in [0.05, 0.1) is 23.3 Å². The number of nitrogens with one attached hydrogen (secondary N) is 1. The molecular weight excluding hydrogens is 500 g/mol. The SMILES string of the molecule is CCOC(=O)c1nn(-c2cccc(Br)c2)c(=O)cc1OCC(=O)Nc1ccc([N+](=O)[O-])cc1. The summed E-state index contributed by atoms with van der Waals surface area (Å²) in [5.41, 5.74) is -0.280. The zero-order chi connectivity index (χ0) is 24.0. The lowest BCUT2D eigenvalue weighted by atomic mass is 10.3. The van der Waals surface area contributed by atoms with Crippen LogP contribution < -0.4 is 15.6 Å². The lowest BCUT2D eigenvalue weighted by Crippen LogP contribution is -2.27. The first-order chi connectivity index (χ1) is 15.8. The number of non-ortho nitro benzene ring substituents is 1. The molecule has 12 heteroatoms. The van der Waals surface area contributed by atoms with Gasteiger partial charge in [-0.25, -0.2) is 4.79 Å². The Balaban J connectivity index is 1.81. The molecular formula is C21H17BrN4O7. The molecule has 1 amide bonds. The van der Waals surface area contributed by atoms with Crippen LogP contribution in [0.1, 0.15) is 17.4 Å². The lowest BCUT2D eigenvalue weighted by molar-refractivity contribution is -0.384. The number of rotatable bonds is 8. The topological polar surface area (TPSA) is 143 Å². The van der Waals surface area contributed by atoms with E-state index in [9.17, 15) is 24.5 Å². The van der Waals surface area contributed by atoms with Gasteiger partial charge in [-0.2, -0.15) is 9.78 Å². The molecule has 11 nitrogen and oxygen atoms in total. The van der Waals surface area contributed by atoms with E-state index in [2.05, 4.69) is 26.3 Å². The fourth-order valence-electron chi connectivity index (χ4n) is 2.69. The molecule has 0 bridgehead atoms. The maximum atomic E-state index is 12.6. The first kappa shape index (κ1) is 23.6. The van der Waals surface area contributed by atoms with E-state index in [1.807, 2.05) is 0 Å². The molecule has 1 N–H and O–H groups in total. The number of ether oxygens (including phenoxy) is 2. The maximum Gasteiger partial charge on any atom is 0.362 e. The van der Waals surface area contributed by atoms with Crippen LogP contribution in [-0.4, -0.2) is 39.8 Å². The first-order valence-corrected chi connectivity index (χ1v) is 10.3. The average Bonchev–Trinajstić information content (AvgIpc) is 2.78. The Labute approximate surface area is 195 Å². The van der Waals surface area contributed by atoms with Crippen LogP contribution in [0.4, 0.5) is 11.4 Å². The van der Waals surface area contributed by atoms with Gasteiger partial charge in [0, 0.05) is 22.3 Å². The zero-order valence-corrected chi connectivity index (χ0v) is 18.8. The number of halogens is 1. The highest BCUT2D eigenvalue weighted by Crippen LogP contribution is 2.19. The van der Waals surface area contributed by atoms with Gasteiger partial charge in [-0.3, -0.25) is 19.7 Å². The number of carbonyl (C=O) groups excluding carboxylic acids is 2. The summed E-state index contributed by atoms with van der Waals surface area (Å²) in [7, 11) is 0. The van der Waals surface area contributed by atoms with Crippen LogP contribution in [0.2, 0.25) is 0 Å². The lowest BCUT2D eigenvalue weighted by Gasteiger charge is -2.13. The van der Waals surface area contributed by atoms with Crippen LogP contribution >= 0.6 is 15.9 Å². The molecule has 0 aliphatic carbocycles. The summed E-state index contributed by atoms with van der Waals surface area (Å²) < 4.78 is 12.1. The average molecular weight is 517 g/mol. The number of esters is 1. The van der Waals surface area contributed by atoms with Crippen molar-refractivity contribution in [2.24, 2.45) is 0 Å². The highest BCUT2D eigenvalue weighted by atomic mass is 79.9. The first-order valence-electron chi connectivity index (χ1n) is 9.53. The van der Waals surface area contributed by atoms with E-state index in [-0.39, 0.29) is 23.7 Å². The van der Waals surface area contributed by atoms with E-state index in [1.165, 1.54) is 24.3 Å². The molecule has 0 saturated carbocycles. The number of nitro groups is 1. The Morgan fingerprint density at radius 2 is 1.91 bits per heavy atom. The number of anilines is 1. The Hall–Kier alpha value is -4.06. The smallest absolute Gasteiger partial charge is 0.362 e. The molecule has 0 atom stereocenters. The highest BCUT2D eigenvalue weighted by Gasteiger charge is 2.21. The van der Waals surface area contributed by atoms with Crippen LogP contribution in [0.3, 0.4) is 0 Å². The normalized spacial score (nSPS) is 10.4. The van der Waals surface area contributed by atoms with Gasteiger partial charge >= 0.3 is 5.97 Å². The third-order valence-corrected chi connectivity index (χ3v) is 4.63. The number of aromatic nitrogens is 2. The quantitative estimate of drug-likeness (QED) is 0.273. The second kappa shape index (κ2) is 10.5. The van der Waals surface area contributed by atoms with Crippen LogP contribution in [0.5, 0.6) is 5.75 Å². The predicted molar refractivity (Wildman–Crippen MR) is 121 cm³/mol. The van der Waals surface area contributed by atoms with Crippen molar-refractivity contribution in [2.75, 3.05) is 18.5 Å². The summed E-state index contributed by atoms with van der Waals surface area (Å²) >= 11 is 3.31. The monoisotopic (exact) mass is 516 g/mol. The number of nitro benzene ring substituents is 1. The van der Waals surface area contributed by atoms with E-state index >= 15 is 0 Å². The zero-order valence-electron chi connectivity index (χ0n) is 17.2. The number of hydrogen-bond donors (Lipinski definition) is 1. The molecule has 2 aromatic carbocycles. The van der Waals surface area contributed by atoms with Crippen molar-refractivity contribution >= 4 is 39.2 Å². The van der Waals surface area contributed by atoms with Crippen molar-refractivity contribution in [1.29, 1.82) is 0 Å². The van der Waals surface area contributed by atoms with Crippen LogP contribution in [0.15, 0.2) is 63.9 Å². The van der Waals surface area contributed by atoms with E-state index < -0.39 is 29.0 Å². The number of nitrogens with zero attached hydrogens (tertiary/aromatic N) is 3. The van der Waals surface area contributed by atoms with Crippen LogP contribution in [-0.2, 0) is 9.53 Å². The molecule has 0 saturated heterocycles. The second-order valence-corrected chi connectivity index (χ2v) is 7.36. The standard InChI is InChI=1S/C21H17BrN4O7/c1-2-32-21(29)20-17(11-19(28)25(24-20)16-5-3-4-13(22)10-16)33-12-18(27)23-14-6-8-15(9-7-14)26(30)31/h3-11H,2,12H2,1H3,(H,23,27). The van der Waals surface area contributed by atoms with E-state index in [0.29, 0.717) is 15.8 Å². The summed E-state index contributed by atoms with van der Waals surface area (Å²) in [5, 5.41) is 17.3. The van der Waals surface area contributed by atoms with Gasteiger partial charge in [0.1, 0.15) is 0 Å². The minimum atomic E-state index is -0.827. The summed E-state index contributed by atoms with van der Waals surface area (Å²) in [6, 6.07) is 13.0. The maximum absolute atomic E-state index is 12.6. The molecule has 1 heterocycles. The molecule has 3 rings (SSSR count). The summed E-state index contributed by atoms with van der Waals surface area (Å²) in [5.74, 6) is -1.66. The van der Waals surface area contributed by atoms with E-state index in [1.54, 1.807) is 31.2 Å². The molecule has 170 valence electrons. The number of carbonyl (C=O) groups is 2. The molecule has 33 heavy (non-hydrogen) atoms. The van der Waals surface area contributed by atoms with Crippen molar-refractivity contribution in [3.63, 3.8) is 0 Å². The number of amides is 1. The summed E-state index contributed by atoms with van der Waals surface area (Å²) in [6.45, 7) is 1.13. The fraction of sp³-hybridized carbons (Fsp3) is 0.143. The van der Waals surface area contributed by atoms with Gasteiger partial charge in [-0.1, -0.05) is 22.0 Å². The largest absolute Gasteiger partial charge is 0.481 e. The predicted octanol–water partition coefficient (Wildman–Crippen LogP) is 3.10. The van der Waals surface area contributed by atoms with Gasteiger partial charge in [0.2, 0.25) is 5.69 Å².